The van der Waals surface area contributed by atoms with Crippen LogP contribution in [0.3, 0.4) is 0 Å². The zero-order valence-corrected chi connectivity index (χ0v) is 21.2. The van der Waals surface area contributed by atoms with E-state index >= 15 is 0 Å². The van der Waals surface area contributed by atoms with Gasteiger partial charge in [0.15, 0.2) is 5.78 Å². The molecule has 5 nitrogen and oxygen atoms in total. The van der Waals surface area contributed by atoms with Gasteiger partial charge < -0.3 is 14.8 Å². The Balaban J connectivity index is 1.52. The number of dihydropyridines is 1. The first-order chi connectivity index (χ1) is 17.5. The van der Waals surface area contributed by atoms with Gasteiger partial charge in [0, 0.05) is 29.3 Å². The molecule has 0 spiro atoms. The van der Waals surface area contributed by atoms with Gasteiger partial charge in [0.2, 0.25) is 0 Å². The smallest absolute Gasteiger partial charge is 0.337 e. The summed E-state index contributed by atoms with van der Waals surface area (Å²) in [5.41, 5.74) is 5.03. The van der Waals surface area contributed by atoms with E-state index in [4.69, 9.17) is 9.47 Å². The van der Waals surface area contributed by atoms with Gasteiger partial charge in [-0.1, -0.05) is 48.9 Å². The van der Waals surface area contributed by atoms with Crippen LogP contribution in [0.25, 0.3) is 0 Å². The van der Waals surface area contributed by atoms with Gasteiger partial charge in [-0.15, -0.1) is 0 Å². The topological polar surface area (TPSA) is 64.6 Å². The second kappa shape index (κ2) is 10.7. The second-order valence-electron chi connectivity index (χ2n) is 10.1. The SMILES string of the molecule is CCOc1ccc([C@@H]2C(C(=O)OC3CCCCC3)=C(C)NC3=C2C(=O)C[C@@H](c2ccccc2)C3)cc1. The Morgan fingerprint density at radius 2 is 1.67 bits per heavy atom. The van der Waals surface area contributed by atoms with Gasteiger partial charge in [0.1, 0.15) is 11.9 Å². The molecule has 3 aliphatic rings. The van der Waals surface area contributed by atoms with Gasteiger partial charge in [0.25, 0.3) is 0 Å². The van der Waals surface area contributed by atoms with Gasteiger partial charge >= 0.3 is 5.97 Å². The number of Topliss-reactive ketones (excluding diaryl/α,β-unsaturated/α-hetero) is 1. The van der Waals surface area contributed by atoms with Crippen LogP contribution in [0, 0.1) is 0 Å². The lowest BCUT2D eigenvalue weighted by Gasteiger charge is -2.37. The highest BCUT2D eigenvalue weighted by Crippen LogP contribution is 2.46. The van der Waals surface area contributed by atoms with Crippen molar-refractivity contribution in [2.24, 2.45) is 0 Å². The largest absolute Gasteiger partial charge is 0.494 e. The Morgan fingerprint density at radius 1 is 0.944 bits per heavy atom. The Hall–Kier alpha value is -3.34. The van der Waals surface area contributed by atoms with Crippen molar-refractivity contribution in [1.29, 1.82) is 0 Å². The summed E-state index contributed by atoms with van der Waals surface area (Å²) in [5, 5.41) is 3.46. The van der Waals surface area contributed by atoms with Gasteiger partial charge in [-0.3, -0.25) is 4.79 Å². The molecule has 36 heavy (non-hydrogen) atoms. The lowest BCUT2D eigenvalue weighted by atomic mass is 9.71. The number of carbonyl (C=O) groups excluding carboxylic acids is 2. The molecular weight excluding hydrogens is 450 g/mol. The molecule has 2 aromatic rings. The molecule has 2 aromatic carbocycles. The summed E-state index contributed by atoms with van der Waals surface area (Å²) in [5.74, 6) is 0.226. The predicted octanol–water partition coefficient (Wildman–Crippen LogP) is 6.32. The second-order valence-corrected chi connectivity index (χ2v) is 10.1. The summed E-state index contributed by atoms with van der Waals surface area (Å²) in [6.07, 6.45) is 6.31. The fraction of sp³-hybridized carbons (Fsp3) is 0.419. The van der Waals surface area contributed by atoms with E-state index in [0.717, 1.165) is 54.8 Å². The Kier molecular flexibility index (Phi) is 7.26. The molecular formula is C31H35NO4. The number of nitrogens with one attached hydrogen (secondary N) is 1. The minimum absolute atomic E-state index is 0.0487. The van der Waals surface area contributed by atoms with Crippen LogP contribution in [-0.4, -0.2) is 24.5 Å². The number of hydrogen-bond donors (Lipinski definition) is 1. The summed E-state index contributed by atoms with van der Waals surface area (Å²) >= 11 is 0. The lowest BCUT2D eigenvalue weighted by molar-refractivity contribution is -0.146. The Labute approximate surface area is 213 Å². The van der Waals surface area contributed by atoms with E-state index in [1.54, 1.807) is 0 Å². The van der Waals surface area contributed by atoms with Crippen LogP contribution in [0.4, 0.5) is 0 Å². The van der Waals surface area contributed by atoms with Crippen molar-refractivity contribution >= 4 is 11.8 Å². The summed E-state index contributed by atoms with van der Waals surface area (Å²) < 4.78 is 11.7. The maximum atomic E-state index is 13.7. The Bertz CT molecular complexity index is 1170. The predicted molar refractivity (Wildman–Crippen MR) is 140 cm³/mol. The summed E-state index contributed by atoms with van der Waals surface area (Å²) in [4.78, 5) is 27.4. The highest BCUT2D eigenvalue weighted by atomic mass is 16.5. The molecule has 0 bridgehead atoms. The number of benzene rings is 2. The van der Waals surface area contributed by atoms with Crippen LogP contribution < -0.4 is 10.1 Å². The number of carbonyl (C=O) groups is 2. The highest BCUT2D eigenvalue weighted by Gasteiger charge is 2.41. The molecule has 1 fully saturated rings. The molecule has 2 aliphatic carbocycles. The van der Waals surface area contributed by atoms with Crippen molar-refractivity contribution in [3.63, 3.8) is 0 Å². The maximum absolute atomic E-state index is 13.7. The van der Waals surface area contributed by atoms with E-state index in [-0.39, 0.29) is 23.8 Å². The number of allylic oxidation sites excluding steroid dienone is 3. The summed E-state index contributed by atoms with van der Waals surface area (Å²) in [7, 11) is 0. The van der Waals surface area contributed by atoms with Crippen LogP contribution in [0.15, 0.2) is 77.1 Å². The van der Waals surface area contributed by atoms with Crippen molar-refractivity contribution in [3.05, 3.63) is 88.3 Å². The average molecular weight is 486 g/mol. The third-order valence-corrected chi connectivity index (χ3v) is 7.67. The minimum Gasteiger partial charge on any atom is -0.494 e. The van der Waals surface area contributed by atoms with Gasteiger partial charge in [-0.05, 0) is 75.1 Å². The molecule has 2 atom stereocenters. The van der Waals surface area contributed by atoms with E-state index in [1.807, 2.05) is 56.3 Å². The van der Waals surface area contributed by atoms with E-state index in [9.17, 15) is 9.59 Å². The molecule has 1 heterocycles. The molecule has 0 unspecified atom stereocenters. The Morgan fingerprint density at radius 3 is 2.36 bits per heavy atom. The highest BCUT2D eigenvalue weighted by molar-refractivity contribution is 6.04. The molecule has 1 saturated carbocycles. The van der Waals surface area contributed by atoms with Crippen molar-refractivity contribution in [3.8, 4) is 5.75 Å². The third kappa shape index (κ3) is 4.97. The fourth-order valence-corrected chi connectivity index (χ4v) is 5.92. The molecule has 0 aromatic heterocycles. The van der Waals surface area contributed by atoms with Crippen molar-refractivity contribution < 1.29 is 19.1 Å². The summed E-state index contributed by atoms with van der Waals surface area (Å²) in [6.45, 7) is 4.46. The monoisotopic (exact) mass is 485 g/mol. The lowest BCUT2D eigenvalue weighted by Crippen LogP contribution is -2.37. The first kappa shape index (κ1) is 24.4. The molecule has 0 radical (unpaired) electrons. The first-order valence-corrected chi connectivity index (χ1v) is 13.3. The van der Waals surface area contributed by atoms with Crippen LogP contribution in [0.5, 0.6) is 5.75 Å². The van der Waals surface area contributed by atoms with E-state index in [0.29, 0.717) is 24.2 Å². The van der Waals surface area contributed by atoms with Gasteiger partial charge in [0.05, 0.1) is 12.2 Å². The molecule has 0 saturated heterocycles. The van der Waals surface area contributed by atoms with Crippen LogP contribution in [0.1, 0.15) is 81.8 Å². The number of rotatable bonds is 6. The quantitative estimate of drug-likeness (QED) is 0.485. The molecule has 5 heteroatoms. The van der Waals surface area contributed by atoms with E-state index in [1.165, 1.54) is 12.0 Å². The fourth-order valence-electron chi connectivity index (χ4n) is 5.92. The minimum atomic E-state index is -0.447. The maximum Gasteiger partial charge on any atom is 0.337 e. The number of ether oxygens (including phenoxy) is 2. The first-order valence-electron chi connectivity index (χ1n) is 13.3. The van der Waals surface area contributed by atoms with Crippen LogP contribution in [-0.2, 0) is 14.3 Å². The van der Waals surface area contributed by atoms with Crippen molar-refractivity contribution in [2.45, 2.75) is 76.7 Å². The van der Waals surface area contributed by atoms with Gasteiger partial charge in [-0.2, -0.15) is 0 Å². The van der Waals surface area contributed by atoms with Crippen molar-refractivity contribution in [1.82, 2.24) is 5.32 Å². The van der Waals surface area contributed by atoms with Crippen molar-refractivity contribution in [2.75, 3.05) is 6.61 Å². The van der Waals surface area contributed by atoms with Gasteiger partial charge in [-0.25, -0.2) is 4.79 Å². The van der Waals surface area contributed by atoms with E-state index in [2.05, 4.69) is 17.4 Å². The molecule has 1 aliphatic heterocycles. The number of ketones is 1. The molecule has 5 rings (SSSR count). The number of esters is 1. The summed E-state index contributed by atoms with van der Waals surface area (Å²) in [6, 6.07) is 18.0. The van der Waals surface area contributed by atoms with E-state index < -0.39 is 5.92 Å². The van der Waals surface area contributed by atoms with Crippen LogP contribution in [0.2, 0.25) is 0 Å². The molecule has 1 N–H and O–H groups in total. The zero-order valence-electron chi connectivity index (χ0n) is 21.2. The number of hydrogen-bond acceptors (Lipinski definition) is 5. The van der Waals surface area contributed by atoms with Crippen LogP contribution >= 0.6 is 0 Å². The normalized spacial score (nSPS) is 22.7. The zero-order chi connectivity index (χ0) is 25.1. The average Bonchev–Trinajstić information content (AvgIpc) is 2.89. The molecule has 0 amide bonds. The third-order valence-electron chi connectivity index (χ3n) is 7.67. The standard InChI is InChI=1S/C31H35NO4/c1-3-35-24-16-14-22(15-17-24)29-28(31(34)36-25-12-8-5-9-13-25)20(2)32-26-18-23(19-27(33)30(26)29)21-10-6-4-7-11-21/h4,6-7,10-11,14-17,23,25,29,32H,3,5,8-9,12-13,18-19H2,1-2H3/t23-,29+/m0/s1. The molecule has 188 valence electrons.